The lowest BCUT2D eigenvalue weighted by Gasteiger charge is -2.03. The zero-order valence-electron chi connectivity index (χ0n) is 15.7. The number of ether oxygens (including phenoxy) is 1. The van der Waals surface area contributed by atoms with Crippen LogP contribution in [0.4, 0.5) is 0 Å². The van der Waals surface area contributed by atoms with Crippen molar-refractivity contribution in [3.63, 3.8) is 0 Å². The van der Waals surface area contributed by atoms with Gasteiger partial charge in [-0.15, -0.1) is 0 Å². The Labute approximate surface area is 164 Å². The number of nitrogens with zero attached hydrogens (tertiary/aromatic N) is 2. The summed E-state index contributed by atoms with van der Waals surface area (Å²) in [5, 5.41) is 4.28. The lowest BCUT2D eigenvalue weighted by atomic mass is 10.1. The number of hydrogen-bond acceptors (Lipinski definition) is 4. The van der Waals surface area contributed by atoms with Crippen molar-refractivity contribution in [3.05, 3.63) is 95.3 Å². The van der Waals surface area contributed by atoms with E-state index < -0.39 is 5.97 Å². The Kier molecular flexibility index (Phi) is 6.52. The SMILES string of the molecule is CCc1ccc(C(=O)COC(=O)/C=C/c2cnn(Cc3ccccc3)c2)cc1. The summed E-state index contributed by atoms with van der Waals surface area (Å²) in [6.45, 7) is 2.43. The summed E-state index contributed by atoms with van der Waals surface area (Å²) in [5.74, 6) is -0.783. The molecule has 3 rings (SSSR count). The van der Waals surface area contributed by atoms with Gasteiger partial charge in [-0.2, -0.15) is 5.10 Å². The highest BCUT2D eigenvalue weighted by molar-refractivity contribution is 5.98. The van der Waals surface area contributed by atoms with Crippen LogP contribution in [0.5, 0.6) is 0 Å². The Morgan fingerprint density at radius 3 is 2.50 bits per heavy atom. The van der Waals surface area contributed by atoms with E-state index in [2.05, 4.69) is 12.0 Å². The molecule has 0 radical (unpaired) electrons. The molecule has 142 valence electrons. The summed E-state index contributed by atoms with van der Waals surface area (Å²) in [7, 11) is 0. The molecule has 3 aromatic rings. The second-order valence-corrected chi connectivity index (χ2v) is 6.37. The fourth-order valence-electron chi connectivity index (χ4n) is 2.68. The second-order valence-electron chi connectivity index (χ2n) is 6.37. The van der Waals surface area contributed by atoms with E-state index in [1.165, 1.54) is 6.08 Å². The fraction of sp³-hybridized carbons (Fsp3) is 0.174. The highest BCUT2D eigenvalue weighted by Crippen LogP contribution is 2.07. The quantitative estimate of drug-likeness (QED) is 0.340. The van der Waals surface area contributed by atoms with Crippen LogP contribution in [0.15, 0.2) is 73.1 Å². The molecule has 0 saturated heterocycles. The third-order valence-corrected chi connectivity index (χ3v) is 4.28. The van der Waals surface area contributed by atoms with Crippen LogP contribution in [0.2, 0.25) is 0 Å². The Bertz CT molecular complexity index is 957. The van der Waals surface area contributed by atoms with E-state index in [1.54, 1.807) is 29.1 Å². The number of rotatable bonds is 8. The summed E-state index contributed by atoms with van der Waals surface area (Å²) in [4.78, 5) is 23.9. The summed E-state index contributed by atoms with van der Waals surface area (Å²) < 4.78 is 6.83. The molecular weight excluding hydrogens is 352 g/mol. The first-order valence-electron chi connectivity index (χ1n) is 9.17. The number of carbonyl (C=O) groups excluding carboxylic acids is 2. The molecule has 0 bridgehead atoms. The van der Waals surface area contributed by atoms with Gasteiger partial charge in [0.15, 0.2) is 12.4 Å². The average Bonchev–Trinajstić information content (AvgIpc) is 3.18. The van der Waals surface area contributed by atoms with Crippen LogP contribution in [0.1, 0.15) is 34.0 Å². The van der Waals surface area contributed by atoms with Gasteiger partial charge < -0.3 is 4.74 Å². The molecule has 0 aliphatic carbocycles. The molecular formula is C23H22N2O3. The smallest absolute Gasteiger partial charge is 0.331 e. The van der Waals surface area contributed by atoms with Crippen LogP contribution in [-0.4, -0.2) is 28.1 Å². The molecule has 1 aromatic heterocycles. The maximum absolute atomic E-state index is 12.1. The molecule has 28 heavy (non-hydrogen) atoms. The Balaban J connectivity index is 1.49. The van der Waals surface area contributed by atoms with E-state index in [1.807, 2.05) is 48.7 Å². The van der Waals surface area contributed by atoms with Crippen molar-refractivity contribution in [3.8, 4) is 0 Å². The first kappa shape index (κ1) is 19.3. The maximum atomic E-state index is 12.1. The predicted molar refractivity (Wildman–Crippen MR) is 108 cm³/mol. The largest absolute Gasteiger partial charge is 0.454 e. The van der Waals surface area contributed by atoms with Crippen molar-refractivity contribution in [2.75, 3.05) is 6.61 Å². The third-order valence-electron chi connectivity index (χ3n) is 4.28. The molecule has 0 unspecified atom stereocenters. The Morgan fingerprint density at radius 1 is 1.04 bits per heavy atom. The topological polar surface area (TPSA) is 61.2 Å². The molecule has 0 fully saturated rings. The highest BCUT2D eigenvalue weighted by atomic mass is 16.5. The van der Waals surface area contributed by atoms with Gasteiger partial charge in [-0.25, -0.2) is 4.79 Å². The minimum atomic E-state index is -0.561. The average molecular weight is 374 g/mol. The Hall–Kier alpha value is -3.47. The molecule has 2 aromatic carbocycles. The van der Waals surface area contributed by atoms with Gasteiger partial charge >= 0.3 is 5.97 Å². The first-order chi connectivity index (χ1) is 13.6. The molecule has 0 amide bonds. The third kappa shape index (κ3) is 5.51. The van der Waals surface area contributed by atoms with Crippen molar-refractivity contribution in [2.45, 2.75) is 19.9 Å². The molecule has 0 aliphatic rings. The molecule has 5 heteroatoms. The normalized spacial score (nSPS) is 10.9. The van der Waals surface area contributed by atoms with Gasteiger partial charge in [0, 0.05) is 23.4 Å². The van der Waals surface area contributed by atoms with E-state index in [-0.39, 0.29) is 12.4 Å². The van der Waals surface area contributed by atoms with Gasteiger partial charge in [-0.05, 0) is 23.6 Å². The molecule has 0 saturated carbocycles. The van der Waals surface area contributed by atoms with Gasteiger partial charge in [-0.3, -0.25) is 9.48 Å². The molecule has 0 N–H and O–H groups in total. The van der Waals surface area contributed by atoms with Gasteiger partial charge in [0.1, 0.15) is 0 Å². The number of aryl methyl sites for hydroxylation is 1. The van der Waals surface area contributed by atoms with Crippen LogP contribution in [0.25, 0.3) is 6.08 Å². The monoisotopic (exact) mass is 374 g/mol. The van der Waals surface area contributed by atoms with Crippen LogP contribution in [0.3, 0.4) is 0 Å². The molecule has 0 aliphatic heterocycles. The van der Waals surface area contributed by atoms with Crippen LogP contribution < -0.4 is 0 Å². The lowest BCUT2D eigenvalue weighted by Crippen LogP contribution is -2.12. The number of aromatic nitrogens is 2. The van der Waals surface area contributed by atoms with E-state index in [0.29, 0.717) is 12.1 Å². The number of Topliss-reactive ketones (excluding diaryl/α,β-unsaturated/α-hetero) is 1. The van der Waals surface area contributed by atoms with Crippen LogP contribution >= 0.6 is 0 Å². The number of esters is 1. The number of benzene rings is 2. The highest BCUT2D eigenvalue weighted by Gasteiger charge is 2.08. The van der Waals surface area contributed by atoms with E-state index in [9.17, 15) is 9.59 Å². The van der Waals surface area contributed by atoms with Crippen LogP contribution in [-0.2, 0) is 22.5 Å². The summed E-state index contributed by atoms with van der Waals surface area (Å²) in [6.07, 6.45) is 7.36. The minimum absolute atomic E-state index is 0.222. The Morgan fingerprint density at radius 2 is 1.79 bits per heavy atom. The van der Waals surface area contributed by atoms with Crippen molar-refractivity contribution < 1.29 is 14.3 Å². The first-order valence-corrected chi connectivity index (χ1v) is 9.17. The van der Waals surface area contributed by atoms with Crippen molar-refractivity contribution in [2.24, 2.45) is 0 Å². The molecule has 0 spiro atoms. The zero-order valence-corrected chi connectivity index (χ0v) is 15.7. The zero-order chi connectivity index (χ0) is 19.8. The number of carbonyl (C=O) groups is 2. The van der Waals surface area contributed by atoms with Gasteiger partial charge in [0.2, 0.25) is 0 Å². The number of hydrogen-bond donors (Lipinski definition) is 0. The van der Waals surface area contributed by atoms with Gasteiger partial charge in [-0.1, -0.05) is 61.5 Å². The molecule has 1 heterocycles. The van der Waals surface area contributed by atoms with E-state index >= 15 is 0 Å². The number of ketones is 1. The summed E-state index contributed by atoms with van der Waals surface area (Å²) >= 11 is 0. The molecule has 0 atom stereocenters. The van der Waals surface area contributed by atoms with E-state index in [0.717, 1.165) is 23.1 Å². The van der Waals surface area contributed by atoms with Crippen LogP contribution in [0, 0.1) is 0 Å². The fourth-order valence-corrected chi connectivity index (χ4v) is 2.68. The summed E-state index contributed by atoms with van der Waals surface area (Å²) in [6, 6.07) is 17.3. The van der Waals surface area contributed by atoms with Crippen molar-refractivity contribution in [1.82, 2.24) is 9.78 Å². The molecule has 5 nitrogen and oxygen atoms in total. The lowest BCUT2D eigenvalue weighted by molar-refractivity contribution is -0.136. The van der Waals surface area contributed by atoms with Gasteiger partial charge in [0.05, 0.1) is 12.7 Å². The standard InChI is InChI=1S/C23H22N2O3/c1-2-18-8-11-21(12-9-18)22(26)17-28-23(27)13-10-20-14-24-25(16-20)15-19-6-4-3-5-7-19/h3-14,16H,2,15,17H2,1H3/b13-10+. The van der Waals surface area contributed by atoms with E-state index in [4.69, 9.17) is 4.74 Å². The minimum Gasteiger partial charge on any atom is -0.454 e. The maximum Gasteiger partial charge on any atom is 0.331 e. The van der Waals surface area contributed by atoms with Crippen molar-refractivity contribution >= 4 is 17.8 Å². The summed E-state index contributed by atoms with van der Waals surface area (Å²) in [5.41, 5.74) is 3.63. The second kappa shape index (κ2) is 9.46. The predicted octanol–water partition coefficient (Wildman–Crippen LogP) is 3.93. The van der Waals surface area contributed by atoms with Crippen molar-refractivity contribution in [1.29, 1.82) is 0 Å². The van der Waals surface area contributed by atoms with Gasteiger partial charge in [0.25, 0.3) is 0 Å².